The highest BCUT2D eigenvalue weighted by Gasteiger charge is 2.11. The molecule has 0 atom stereocenters. The van der Waals surface area contributed by atoms with Crippen molar-refractivity contribution in [2.45, 2.75) is 0 Å². The van der Waals surface area contributed by atoms with Crippen LogP contribution in [0, 0.1) is 0 Å². The summed E-state index contributed by atoms with van der Waals surface area (Å²) in [5.74, 6) is 0.546. The van der Waals surface area contributed by atoms with E-state index in [4.69, 9.17) is 16.3 Å². The predicted octanol–water partition coefficient (Wildman–Crippen LogP) is 3.76. The minimum absolute atomic E-state index is 0.265. The van der Waals surface area contributed by atoms with E-state index in [1.165, 1.54) is 19.2 Å². The molecule has 0 aliphatic heterocycles. The smallest absolute Gasteiger partial charge is 0.339 e. The summed E-state index contributed by atoms with van der Waals surface area (Å²) in [5.41, 5.74) is 0.291. The average Bonchev–Trinajstić information content (AvgIpc) is 2.37. The molecule has 0 amide bonds. The maximum atomic E-state index is 11.3. The average molecular weight is 265 g/mol. The van der Waals surface area contributed by atoms with Gasteiger partial charge in [-0.1, -0.05) is 30.8 Å². The van der Waals surface area contributed by atoms with E-state index < -0.39 is 5.97 Å². The van der Waals surface area contributed by atoms with E-state index in [9.17, 15) is 4.79 Å². The Labute approximate surface area is 111 Å². The molecule has 0 fully saturated rings. The van der Waals surface area contributed by atoms with Gasteiger partial charge in [-0.2, -0.15) is 0 Å². The number of ether oxygens (including phenoxy) is 2. The first-order valence-electron chi connectivity index (χ1n) is 5.13. The minimum atomic E-state index is -0.489. The number of hydrogen-bond donors (Lipinski definition) is 0. The second kappa shape index (κ2) is 6.67. The van der Waals surface area contributed by atoms with E-state index in [-0.39, 0.29) is 5.02 Å². The molecule has 94 valence electrons. The van der Waals surface area contributed by atoms with Gasteiger partial charge in [0.1, 0.15) is 11.5 Å². The van der Waals surface area contributed by atoms with Crippen LogP contribution in [0.1, 0.15) is 10.4 Å². The SMILES string of the molecule is C=C/C=C(\C=C)Oc1ccc(C(=O)OC)c(Cl)c1. The third kappa shape index (κ3) is 3.50. The predicted molar refractivity (Wildman–Crippen MR) is 71.9 cm³/mol. The van der Waals surface area contributed by atoms with Gasteiger partial charge in [-0.05, 0) is 24.3 Å². The lowest BCUT2D eigenvalue weighted by Gasteiger charge is -2.08. The standard InChI is InChI=1S/C14H13ClO3/c1-4-6-10(5-2)18-11-7-8-12(13(15)9-11)14(16)17-3/h4-9H,1-2H2,3H3/b10-6+. The Morgan fingerprint density at radius 1 is 1.39 bits per heavy atom. The highest BCUT2D eigenvalue weighted by atomic mass is 35.5. The zero-order chi connectivity index (χ0) is 13.5. The number of allylic oxidation sites excluding steroid dienone is 3. The van der Waals surface area contributed by atoms with Gasteiger partial charge in [-0.3, -0.25) is 0 Å². The molecule has 0 radical (unpaired) electrons. The molecule has 18 heavy (non-hydrogen) atoms. The van der Waals surface area contributed by atoms with Crippen LogP contribution in [0.15, 0.2) is 55.3 Å². The zero-order valence-corrected chi connectivity index (χ0v) is 10.7. The van der Waals surface area contributed by atoms with Crippen LogP contribution >= 0.6 is 11.6 Å². The fourth-order valence-electron chi connectivity index (χ4n) is 1.23. The van der Waals surface area contributed by atoms with Crippen LogP contribution in [0.5, 0.6) is 5.75 Å². The second-order valence-electron chi connectivity index (χ2n) is 3.24. The van der Waals surface area contributed by atoms with Gasteiger partial charge in [0.15, 0.2) is 0 Å². The number of esters is 1. The Bertz CT molecular complexity index is 504. The molecule has 1 aromatic rings. The summed E-state index contributed by atoms with van der Waals surface area (Å²) < 4.78 is 10.1. The monoisotopic (exact) mass is 264 g/mol. The van der Waals surface area contributed by atoms with E-state index in [0.29, 0.717) is 17.1 Å². The molecule has 0 spiro atoms. The van der Waals surface area contributed by atoms with Gasteiger partial charge in [-0.25, -0.2) is 4.79 Å². The van der Waals surface area contributed by atoms with Crippen molar-refractivity contribution in [3.63, 3.8) is 0 Å². The number of carbonyl (C=O) groups is 1. The molecule has 0 bridgehead atoms. The first-order valence-corrected chi connectivity index (χ1v) is 5.51. The molecule has 0 unspecified atom stereocenters. The van der Waals surface area contributed by atoms with Crippen molar-refractivity contribution in [1.82, 2.24) is 0 Å². The number of hydrogen-bond acceptors (Lipinski definition) is 3. The van der Waals surface area contributed by atoms with E-state index in [1.807, 2.05) is 0 Å². The molecule has 4 heteroatoms. The van der Waals surface area contributed by atoms with E-state index in [0.717, 1.165) is 0 Å². The first-order chi connectivity index (χ1) is 8.62. The molecule has 1 rings (SSSR count). The van der Waals surface area contributed by atoms with Crippen LogP contribution < -0.4 is 4.74 Å². The molecule has 0 N–H and O–H groups in total. The van der Waals surface area contributed by atoms with E-state index in [2.05, 4.69) is 17.9 Å². The summed E-state index contributed by atoms with van der Waals surface area (Å²) in [7, 11) is 1.30. The fourth-order valence-corrected chi connectivity index (χ4v) is 1.48. The quantitative estimate of drug-likeness (QED) is 0.461. The summed E-state index contributed by atoms with van der Waals surface area (Å²) in [4.78, 5) is 11.3. The molecule has 3 nitrogen and oxygen atoms in total. The van der Waals surface area contributed by atoms with Crippen molar-refractivity contribution >= 4 is 17.6 Å². The van der Waals surface area contributed by atoms with Gasteiger partial charge in [0.2, 0.25) is 0 Å². The highest BCUT2D eigenvalue weighted by Crippen LogP contribution is 2.24. The first kappa shape index (κ1) is 14.1. The molecule has 0 saturated heterocycles. The second-order valence-corrected chi connectivity index (χ2v) is 3.65. The largest absolute Gasteiger partial charge is 0.465 e. The lowest BCUT2D eigenvalue weighted by atomic mass is 10.2. The molecular formula is C14H13ClO3. The van der Waals surface area contributed by atoms with Crippen molar-refractivity contribution < 1.29 is 14.3 Å². The van der Waals surface area contributed by atoms with Crippen molar-refractivity contribution in [2.75, 3.05) is 7.11 Å². The maximum absolute atomic E-state index is 11.3. The number of carbonyl (C=O) groups excluding carboxylic acids is 1. The van der Waals surface area contributed by atoms with Crippen molar-refractivity contribution in [3.05, 3.63) is 65.9 Å². The van der Waals surface area contributed by atoms with Crippen LogP contribution in [0.2, 0.25) is 5.02 Å². The van der Waals surface area contributed by atoms with Gasteiger partial charge < -0.3 is 9.47 Å². The van der Waals surface area contributed by atoms with Crippen LogP contribution in [0.4, 0.5) is 0 Å². The minimum Gasteiger partial charge on any atom is -0.465 e. The Hall–Kier alpha value is -2.00. The van der Waals surface area contributed by atoms with Gasteiger partial charge in [0, 0.05) is 6.07 Å². The van der Waals surface area contributed by atoms with E-state index in [1.54, 1.807) is 24.3 Å². The van der Waals surface area contributed by atoms with Gasteiger partial charge >= 0.3 is 5.97 Å². The van der Waals surface area contributed by atoms with Crippen LogP contribution in [0.25, 0.3) is 0 Å². The van der Waals surface area contributed by atoms with Crippen LogP contribution in [0.3, 0.4) is 0 Å². The highest BCUT2D eigenvalue weighted by molar-refractivity contribution is 6.33. The molecule has 1 aromatic carbocycles. The Kier molecular flexibility index (Phi) is 5.21. The van der Waals surface area contributed by atoms with Crippen LogP contribution in [-0.4, -0.2) is 13.1 Å². The Balaban J connectivity index is 2.97. The van der Waals surface area contributed by atoms with Gasteiger partial charge in [0.25, 0.3) is 0 Å². The third-order valence-corrected chi connectivity index (χ3v) is 2.38. The van der Waals surface area contributed by atoms with Gasteiger partial charge in [-0.15, -0.1) is 0 Å². The molecule has 0 aromatic heterocycles. The zero-order valence-electron chi connectivity index (χ0n) is 9.98. The van der Waals surface area contributed by atoms with E-state index >= 15 is 0 Å². The lowest BCUT2D eigenvalue weighted by Crippen LogP contribution is -2.02. The maximum Gasteiger partial charge on any atom is 0.339 e. The van der Waals surface area contributed by atoms with Gasteiger partial charge in [0.05, 0.1) is 17.7 Å². The van der Waals surface area contributed by atoms with Crippen molar-refractivity contribution in [3.8, 4) is 5.75 Å². The topological polar surface area (TPSA) is 35.5 Å². The Morgan fingerprint density at radius 2 is 2.11 bits per heavy atom. The summed E-state index contributed by atoms with van der Waals surface area (Å²) in [6, 6.07) is 4.70. The summed E-state index contributed by atoms with van der Waals surface area (Å²) >= 11 is 5.96. The Morgan fingerprint density at radius 3 is 2.61 bits per heavy atom. The summed E-state index contributed by atoms with van der Waals surface area (Å²) in [6.45, 7) is 7.17. The number of benzene rings is 1. The summed E-state index contributed by atoms with van der Waals surface area (Å²) in [6.07, 6.45) is 4.79. The normalized spacial score (nSPS) is 10.7. The fraction of sp³-hybridized carbons (Fsp3) is 0.0714. The number of rotatable bonds is 5. The van der Waals surface area contributed by atoms with Crippen molar-refractivity contribution in [2.24, 2.45) is 0 Å². The third-order valence-electron chi connectivity index (χ3n) is 2.06. The summed E-state index contributed by atoms with van der Waals surface area (Å²) in [5, 5.41) is 0.265. The van der Waals surface area contributed by atoms with Crippen LogP contribution in [-0.2, 0) is 4.74 Å². The molecule has 0 aliphatic rings. The number of methoxy groups -OCH3 is 1. The molecule has 0 aliphatic carbocycles. The molecule has 0 saturated carbocycles. The lowest BCUT2D eigenvalue weighted by molar-refractivity contribution is 0.0601. The molecule has 0 heterocycles. The molecular weight excluding hydrogens is 252 g/mol. The van der Waals surface area contributed by atoms with Crippen molar-refractivity contribution in [1.29, 1.82) is 0 Å². The number of halogens is 1.